The summed E-state index contributed by atoms with van der Waals surface area (Å²) in [6.45, 7) is 6.21. The second-order valence-corrected chi connectivity index (χ2v) is 4.64. The van der Waals surface area contributed by atoms with Gasteiger partial charge in [-0.1, -0.05) is 43.7 Å². The van der Waals surface area contributed by atoms with Gasteiger partial charge in [0.1, 0.15) is 0 Å². The Kier molecular flexibility index (Phi) is 6.65. The van der Waals surface area contributed by atoms with E-state index < -0.39 is 6.10 Å². The van der Waals surface area contributed by atoms with E-state index in [0.29, 0.717) is 5.92 Å². The van der Waals surface area contributed by atoms with Crippen molar-refractivity contribution in [2.45, 2.75) is 39.3 Å². The van der Waals surface area contributed by atoms with Gasteiger partial charge >= 0.3 is 0 Å². The molecule has 0 spiro atoms. The van der Waals surface area contributed by atoms with E-state index in [1.165, 1.54) is 5.56 Å². The number of rotatable bonds is 4. The maximum absolute atomic E-state index is 9.91. The number of benzene rings is 1. The van der Waals surface area contributed by atoms with Gasteiger partial charge < -0.3 is 10.8 Å². The summed E-state index contributed by atoms with van der Waals surface area (Å²) in [7, 11) is 0. The molecule has 1 aromatic carbocycles. The van der Waals surface area contributed by atoms with Crippen LogP contribution in [0, 0.1) is 12.8 Å². The van der Waals surface area contributed by atoms with Gasteiger partial charge in [-0.25, -0.2) is 0 Å². The molecule has 0 aromatic heterocycles. The van der Waals surface area contributed by atoms with Crippen molar-refractivity contribution < 1.29 is 5.11 Å². The van der Waals surface area contributed by atoms with Crippen molar-refractivity contribution in [3.05, 3.63) is 35.4 Å². The molecule has 0 fully saturated rings. The molecule has 0 saturated carbocycles. The molecular weight excluding hydrogens is 222 g/mol. The Bertz CT molecular complexity index is 315. The Labute approximate surface area is 104 Å². The zero-order chi connectivity index (χ0) is 11.4. The lowest BCUT2D eigenvalue weighted by molar-refractivity contribution is 0.121. The van der Waals surface area contributed by atoms with Crippen LogP contribution >= 0.6 is 12.4 Å². The second kappa shape index (κ2) is 6.89. The fourth-order valence-electron chi connectivity index (χ4n) is 1.73. The second-order valence-electron chi connectivity index (χ2n) is 4.64. The lowest BCUT2D eigenvalue weighted by Crippen LogP contribution is -2.27. The zero-order valence-electron chi connectivity index (χ0n) is 10.2. The minimum atomic E-state index is -0.452. The van der Waals surface area contributed by atoms with Gasteiger partial charge in [0.15, 0.2) is 0 Å². The van der Waals surface area contributed by atoms with Crippen molar-refractivity contribution in [3.63, 3.8) is 0 Å². The molecule has 1 rings (SSSR count). The van der Waals surface area contributed by atoms with Gasteiger partial charge in [0.05, 0.1) is 12.1 Å². The minimum Gasteiger partial charge on any atom is -0.391 e. The third kappa shape index (κ3) is 4.52. The molecule has 0 heterocycles. The summed E-state index contributed by atoms with van der Waals surface area (Å²) < 4.78 is 0. The van der Waals surface area contributed by atoms with Crippen LogP contribution in [0.5, 0.6) is 0 Å². The van der Waals surface area contributed by atoms with Crippen molar-refractivity contribution in [2.24, 2.45) is 11.7 Å². The van der Waals surface area contributed by atoms with E-state index in [0.717, 1.165) is 12.0 Å². The van der Waals surface area contributed by atoms with E-state index in [-0.39, 0.29) is 18.4 Å². The molecule has 0 saturated heterocycles. The molecule has 0 unspecified atom stereocenters. The molecule has 0 aliphatic rings. The van der Waals surface area contributed by atoms with Gasteiger partial charge in [0.2, 0.25) is 0 Å². The number of aryl methyl sites for hydroxylation is 1. The Hall–Kier alpha value is -0.570. The third-order valence-electron chi connectivity index (χ3n) is 2.55. The van der Waals surface area contributed by atoms with Crippen LogP contribution in [-0.4, -0.2) is 11.2 Å². The highest BCUT2D eigenvalue weighted by molar-refractivity contribution is 5.85. The van der Waals surface area contributed by atoms with Gasteiger partial charge in [-0.15, -0.1) is 12.4 Å². The van der Waals surface area contributed by atoms with Crippen LogP contribution < -0.4 is 5.73 Å². The van der Waals surface area contributed by atoms with E-state index in [9.17, 15) is 5.11 Å². The SMILES string of the molecule is Cc1cccc([C@H](N)[C@H](O)CC(C)C)c1.Cl. The van der Waals surface area contributed by atoms with Crippen molar-refractivity contribution in [1.29, 1.82) is 0 Å². The van der Waals surface area contributed by atoms with Crippen LogP contribution in [0.2, 0.25) is 0 Å². The summed E-state index contributed by atoms with van der Waals surface area (Å²) in [6.07, 6.45) is 0.293. The molecule has 0 bridgehead atoms. The number of nitrogens with two attached hydrogens (primary N) is 1. The van der Waals surface area contributed by atoms with E-state index in [2.05, 4.69) is 13.8 Å². The molecule has 0 radical (unpaired) electrons. The smallest absolute Gasteiger partial charge is 0.0735 e. The van der Waals surface area contributed by atoms with Crippen molar-refractivity contribution in [3.8, 4) is 0 Å². The number of hydrogen-bond donors (Lipinski definition) is 2. The van der Waals surface area contributed by atoms with Gasteiger partial charge in [-0.2, -0.15) is 0 Å². The first-order valence-corrected chi connectivity index (χ1v) is 5.51. The molecule has 92 valence electrons. The summed E-state index contributed by atoms with van der Waals surface area (Å²) in [5.74, 6) is 0.468. The molecule has 3 N–H and O–H groups in total. The van der Waals surface area contributed by atoms with Crippen molar-refractivity contribution in [1.82, 2.24) is 0 Å². The van der Waals surface area contributed by atoms with Gasteiger partial charge in [-0.05, 0) is 24.8 Å². The van der Waals surface area contributed by atoms with Crippen molar-refractivity contribution in [2.75, 3.05) is 0 Å². The molecule has 0 aliphatic carbocycles. The quantitative estimate of drug-likeness (QED) is 0.854. The Morgan fingerprint density at radius 1 is 1.31 bits per heavy atom. The summed E-state index contributed by atoms with van der Waals surface area (Å²) in [5.41, 5.74) is 8.20. The van der Waals surface area contributed by atoms with E-state index in [4.69, 9.17) is 5.73 Å². The predicted molar refractivity (Wildman–Crippen MR) is 70.8 cm³/mol. The molecule has 2 atom stereocenters. The highest BCUT2D eigenvalue weighted by atomic mass is 35.5. The molecule has 16 heavy (non-hydrogen) atoms. The van der Waals surface area contributed by atoms with Crippen LogP contribution in [0.15, 0.2) is 24.3 Å². The predicted octanol–water partition coefficient (Wildman–Crippen LogP) is 2.82. The monoisotopic (exact) mass is 243 g/mol. The molecule has 0 aliphatic heterocycles. The highest BCUT2D eigenvalue weighted by Gasteiger charge is 2.17. The fourth-order valence-corrected chi connectivity index (χ4v) is 1.73. The average Bonchev–Trinajstić information content (AvgIpc) is 2.15. The van der Waals surface area contributed by atoms with E-state index in [1.54, 1.807) is 0 Å². The Morgan fingerprint density at radius 2 is 1.94 bits per heavy atom. The van der Waals surface area contributed by atoms with Gasteiger partial charge in [0.25, 0.3) is 0 Å². The molecule has 0 amide bonds. The first-order chi connectivity index (χ1) is 7.00. The number of hydrogen-bond acceptors (Lipinski definition) is 2. The van der Waals surface area contributed by atoms with Crippen molar-refractivity contribution >= 4 is 12.4 Å². The third-order valence-corrected chi connectivity index (χ3v) is 2.55. The normalized spacial score (nSPS) is 14.4. The average molecular weight is 244 g/mol. The van der Waals surface area contributed by atoms with Crippen LogP contribution in [0.4, 0.5) is 0 Å². The summed E-state index contributed by atoms with van der Waals surface area (Å²) in [5, 5.41) is 9.91. The first kappa shape index (κ1) is 15.4. The number of halogens is 1. The standard InChI is InChI=1S/C13H21NO.ClH/c1-9(2)7-12(15)13(14)11-6-4-5-10(3)8-11;/h4-6,8-9,12-13,15H,7,14H2,1-3H3;1H/t12-,13+;/m1./s1. The maximum atomic E-state index is 9.91. The van der Waals surface area contributed by atoms with Crippen LogP contribution in [0.25, 0.3) is 0 Å². The molecule has 3 heteroatoms. The maximum Gasteiger partial charge on any atom is 0.0735 e. The number of aliphatic hydroxyl groups is 1. The largest absolute Gasteiger partial charge is 0.391 e. The number of aliphatic hydroxyl groups excluding tert-OH is 1. The molecule has 2 nitrogen and oxygen atoms in total. The van der Waals surface area contributed by atoms with Gasteiger partial charge in [0, 0.05) is 0 Å². The van der Waals surface area contributed by atoms with Crippen LogP contribution in [0.3, 0.4) is 0 Å². The van der Waals surface area contributed by atoms with Crippen LogP contribution in [0.1, 0.15) is 37.4 Å². The first-order valence-electron chi connectivity index (χ1n) is 5.51. The lowest BCUT2D eigenvalue weighted by atomic mass is 9.95. The van der Waals surface area contributed by atoms with E-state index >= 15 is 0 Å². The highest BCUT2D eigenvalue weighted by Crippen LogP contribution is 2.20. The molecular formula is C13H22ClNO. The van der Waals surface area contributed by atoms with E-state index in [1.807, 2.05) is 31.2 Å². The fraction of sp³-hybridized carbons (Fsp3) is 0.538. The van der Waals surface area contributed by atoms with Gasteiger partial charge in [-0.3, -0.25) is 0 Å². The topological polar surface area (TPSA) is 46.2 Å². The zero-order valence-corrected chi connectivity index (χ0v) is 11.0. The lowest BCUT2D eigenvalue weighted by Gasteiger charge is -2.21. The Balaban J connectivity index is 0.00000225. The minimum absolute atomic E-state index is 0. The summed E-state index contributed by atoms with van der Waals surface area (Å²) in [6, 6.07) is 7.75. The summed E-state index contributed by atoms with van der Waals surface area (Å²) in [4.78, 5) is 0. The van der Waals surface area contributed by atoms with Crippen LogP contribution in [-0.2, 0) is 0 Å². The summed E-state index contributed by atoms with van der Waals surface area (Å²) >= 11 is 0. The molecule has 1 aromatic rings. The Morgan fingerprint density at radius 3 is 2.44 bits per heavy atom.